The lowest BCUT2D eigenvalue weighted by Crippen LogP contribution is -2.17. The maximum Gasteiger partial charge on any atom is 0.379 e. The molecule has 1 N–H and O–H groups in total. The fraction of sp³-hybridized carbons (Fsp3) is 0.182. The molecule has 0 atom stereocenters. The second kappa shape index (κ2) is 4.14. The fourth-order valence-corrected chi connectivity index (χ4v) is 1.47. The van der Waals surface area contributed by atoms with E-state index in [9.17, 15) is 9.59 Å². The number of ether oxygens (including phenoxy) is 1. The van der Waals surface area contributed by atoms with E-state index in [2.05, 4.69) is 14.7 Å². The van der Waals surface area contributed by atoms with Gasteiger partial charge < -0.3 is 9.72 Å². The molecule has 2 aromatic heterocycles. The third-order valence-corrected chi connectivity index (χ3v) is 2.19. The van der Waals surface area contributed by atoms with E-state index < -0.39 is 11.8 Å². The predicted octanol–water partition coefficient (Wildman–Crippen LogP) is 1.31. The SMILES string of the molecule is CCOC(=O)C(=O)c1c[nH]c2cnccc12. The Morgan fingerprint density at radius 1 is 1.50 bits per heavy atom. The van der Waals surface area contributed by atoms with Crippen LogP contribution in [0.2, 0.25) is 0 Å². The van der Waals surface area contributed by atoms with Gasteiger partial charge in [-0.2, -0.15) is 0 Å². The van der Waals surface area contributed by atoms with Crippen molar-refractivity contribution in [3.8, 4) is 0 Å². The molecule has 2 rings (SSSR count). The van der Waals surface area contributed by atoms with Gasteiger partial charge in [-0.1, -0.05) is 0 Å². The third-order valence-electron chi connectivity index (χ3n) is 2.19. The Labute approximate surface area is 91.4 Å². The molecule has 2 heterocycles. The molecule has 0 aliphatic carbocycles. The zero-order chi connectivity index (χ0) is 11.5. The highest BCUT2D eigenvalue weighted by atomic mass is 16.5. The van der Waals surface area contributed by atoms with Crippen LogP contribution in [-0.4, -0.2) is 28.3 Å². The summed E-state index contributed by atoms with van der Waals surface area (Å²) in [7, 11) is 0. The number of hydrogen-bond acceptors (Lipinski definition) is 4. The van der Waals surface area contributed by atoms with E-state index >= 15 is 0 Å². The number of rotatable bonds is 3. The Kier molecular flexibility index (Phi) is 2.68. The molecule has 0 radical (unpaired) electrons. The number of nitrogens with one attached hydrogen (secondary N) is 1. The number of fused-ring (bicyclic) bond motifs is 1. The highest BCUT2D eigenvalue weighted by molar-refractivity contribution is 6.42. The number of nitrogens with zero attached hydrogens (tertiary/aromatic N) is 1. The molecule has 5 heteroatoms. The molecule has 0 amide bonds. The van der Waals surface area contributed by atoms with Crippen LogP contribution in [0.15, 0.2) is 24.7 Å². The zero-order valence-electron chi connectivity index (χ0n) is 8.69. The predicted molar refractivity (Wildman–Crippen MR) is 57.1 cm³/mol. The number of aromatic amines is 1. The summed E-state index contributed by atoms with van der Waals surface area (Å²) in [6.45, 7) is 1.85. The summed E-state index contributed by atoms with van der Waals surface area (Å²) >= 11 is 0. The molecule has 0 unspecified atom stereocenters. The standard InChI is InChI=1S/C11H10N2O3/c1-2-16-11(15)10(14)8-5-13-9-6-12-4-3-7(8)9/h3-6,13H,2H2,1H3. The molecule has 0 aliphatic rings. The van der Waals surface area contributed by atoms with Gasteiger partial charge in [-0.25, -0.2) is 4.79 Å². The number of esters is 1. The average Bonchev–Trinajstić information content (AvgIpc) is 2.72. The van der Waals surface area contributed by atoms with Crippen LogP contribution in [0.1, 0.15) is 17.3 Å². The minimum atomic E-state index is -0.833. The summed E-state index contributed by atoms with van der Waals surface area (Å²) in [6.07, 6.45) is 4.65. The van der Waals surface area contributed by atoms with Crippen molar-refractivity contribution in [2.75, 3.05) is 6.61 Å². The zero-order valence-corrected chi connectivity index (χ0v) is 8.69. The maximum absolute atomic E-state index is 11.7. The van der Waals surface area contributed by atoms with Crippen molar-refractivity contribution in [1.29, 1.82) is 0 Å². The first-order valence-corrected chi connectivity index (χ1v) is 4.86. The molecule has 82 valence electrons. The number of Topliss-reactive ketones (excluding diaryl/α,β-unsaturated/α-hetero) is 1. The van der Waals surface area contributed by atoms with Gasteiger partial charge in [-0.15, -0.1) is 0 Å². The summed E-state index contributed by atoms with van der Waals surface area (Å²) in [4.78, 5) is 29.8. The van der Waals surface area contributed by atoms with E-state index in [0.717, 1.165) is 5.52 Å². The van der Waals surface area contributed by atoms with Gasteiger partial charge >= 0.3 is 5.97 Å². The Morgan fingerprint density at radius 3 is 3.06 bits per heavy atom. The van der Waals surface area contributed by atoms with Crippen molar-refractivity contribution in [1.82, 2.24) is 9.97 Å². The minimum Gasteiger partial charge on any atom is -0.460 e. The summed E-state index contributed by atoms with van der Waals surface area (Å²) in [5.41, 5.74) is 1.03. The summed E-state index contributed by atoms with van der Waals surface area (Å²) in [6, 6.07) is 1.68. The van der Waals surface area contributed by atoms with Crippen LogP contribution in [0.5, 0.6) is 0 Å². The Hall–Kier alpha value is -2.17. The molecule has 0 spiro atoms. The first kappa shape index (κ1) is 10.4. The first-order valence-electron chi connectivity index (χ1n) is 4.86. The number of pyridine rings is 1. The molecule has 0 fully saturated rings. The lowest BCUT2D eigenvalue weighted by molar-refractivity contribution is -0.137. The lowest BCUT2D eigenvalue weighted by Gasteiger charge is -1.98. The molecule has 0 aliphatic heterocycles. The van der Waals surface area contributed by atoms with E-state index in [1.165, 1.54) is 6.20 Å². The number of carbonyl (C=O) groups excluding carboxylic acids is 2. The Bertz CT molecular complexity index is 545. The fourth-order valence-electron chi connectivity index (χ4n) is 1.47. The van der Waals surface area contributed by atoms with Gasteiger partial charge in [0.05, 0.1) is 23.9 Å². The van der Waals surface area contributed by atoms with E-state index in [1.54, 1.807) is 25.4 Å². The van der Waals surface area contributed by atoms with Gasteiger partial charge in [0, 0.05) is 17.8 Å². The second-order valence-corrected chi connectivity index (χ2v) is 3.17. The number of aromatic nitrogens is 2. The van der Waals surface area contributed by atoms with Gasteiger partial charge in [-0.3, -0.25) is 9.78 Å². The molecule has 2 aromatic rings. The van der Waals surface area contributed by atoms with Crippen LogP contribution in [0.25, 0.3) is 10.9 Å². The van der Waals surface area contributed by atoms with Crippen molar-refractivity contribution < 1.29 is 14.3 Å². The van der Waals surface area contributed by atoms with Crippen LogP contribution in [0.4, 0.5) is 0 Å². The smallest absolute Gasteiger partial charge is 0.379 e. The van der Waals surface area contributed by atoms with Gasteiger partial charge in [0.2, 0.25) is 0 Å². The molecule has 16 heavy (non-hydrogen) atoms. The Morgan fingerprint density at radius 2 is 2.31 bits per heavy atom. The number of carbonyl (C=O) groups is 2. The van der Waals surface area contributed by atoms with Crippen molar-refractivity contribution in [3.05, 3.63) is 30.2 Å². The molecular weight excluding hydrogens is 208 g/mol. The number of H-pyrrole nitrogens is 1. The molecule has 5 nitrogen and oxygen atoms in total. The molecule has 0 saturated heterocycles. The first-order chi connectivity index (χ1) is 7.74. The highest BCUT2D eigenvalue weighted by Gasteiger charge is 2.20. The summed E-state index contributed by atoms with van der Waals surface area (Å²) in [5.74, 6) is -1.47. The monoisotopic (exact) mass is 218 g/mol. The van der Waals surface area contributed by atoms with Gasteiger partial charge in [-0.05, 0) is 13.0 Å². The molecule has 0 aromatic carbocycles. The number of ketones is 1. The highest BCUT2D eigenvalue weighted by Crippen LogP contribution is 2.17. The van der Waals surface area contributed by atoms with E-state index in [-0.39, 0.29) is 6.61 Å². The normalized spacial score (nSPS) is 10.3. The van der Waals surface area contributed by atoms with E-state index in [0.29, 0.717) is 10.9 Å². The molecule has 0 saturated carbocycles. The largest absolute Gasteiger partial charge is 0.460 e. The van der Waals surface area contributed by atoms with Gasteiger partial charge in [0.25, 0.3) is 5.78 Å². The lowest BCUT2D eigenvalue weighted by atomic mass is 10.1. The maximum atomic E-state index is 11.7. The van der Waals surface area contributed by atoms with Crippen molar-refractivity contribution in [2.45, 2.75) is 6.92 Å². The summed E-state index contributed by atoms with van der Waals surface area (Å²) < 4.78 is 4.66. The second-order valence-electron chi connectivity index (χ2n) is 3.17. The number of hydrogen-bond donors (Lipinski definition) is 1. The quantitative estimate of drug-likeness (QED) is 0.479. The van der Waals surface area contributed by atoms with Gasteiger partial charge in [0.15, 0.2) is 0 Å². The average molecular weight is 218 g/mol. The summed E-state index contributed by atoms with van der Waals surface area (Å²) in [5, 5.41) is 0.674. The van der Waals surface area contributed by atoms with Crippen LogP contribution < -0.4 is 0 Å². The van der Waals surface area contributed by atoms with Crippen LogP contribution >= 0.6 is 0 Å². The minimum absolute atomic E-state index is 0.189. The van der Waals surface area contributed by atoms with E-state index in [1.807, 2.05) is 0 Å². The van der Waals surface area contributed by atoms with Gasteiger partial charge in [0.1, 0.15) is 0 Å². The van der Waals surface area contributed by atoms with Crippen LogP contribution in [-0.2, 0) is 9.53 Å². The topological polar surface area (TPSA) is 72.1 Å². The van der Waals surface area contributed by atoms with Crippen molar-refractivity contribution in [2.24, 2.45) is 0 Å². The third kappa shape index (κ3) is 1.67. The Balaban J connectivity index is 2.40. The van der Waals surface area contributed by atoms with Crippen molar-refractivity contribution in [3.63, 3.8) is 0 Å². The molecular formula is C11H10N2O3. The molecule has 0 bridgehead atoms. The van der Waals surface area contributed by atoms with E-state index in [4.69, 9.17) is 0 Å². The van der Waals surface area contributed by atoms with Crippen molar-refractivity contribution >= 4 is 22.7 Å². The van der Waals surface area contributed by atoms with Crippen LogP contribution in [0, 0.1) is 0 Å². The van der Waals surface area contributed by atoms with Crippen LogP contribution in [0.3, 0.4) is 0 Å².